The molecular formula is C12H9N3O4. The highest BCUT2D eigenvalue weighted by Crippen LogP contribution is 2.19. The van der Waals surface area contributed by atoms with Crippen LogP contribution < -0.4 is 5.56 Å². The topological polar surface area (TPSA) is 96.7 Å². The quantitative estimate of drug-likeness (QED) is 0.626. The average molecular weight is 259 g/mol. The van der Waals surface area contributed by atoms with Gasteiger partial charge in [0, 0.05) is 5.39 Å². The van der Waals surface area contributed by atoms with Crippen LogP contribution in [0.3, 0.4) is 0 Å². The van der Waals surface area contributed by atoms with Gasteiger partial charge in [-0.2, -0.15) is 4.52 Å². The number of hydrogen-bond donors (Lipinski definition) is 2. The number of methoxy groups -OCH3 is 1. The van der Waals surface area contributed by atoms with Gasteiger partial charge in [0.1, 0.15) is 0 Å². The number of aromatic amines is 1. The van der Waals surface area contributed by atoms with Crippen molar-refractivity contribution < 1.29 is 14.6 Å². The van der Waals surface area contributed by atoms with Gasteiger partial charge in [0.15, 0.2) is 11.3 Å². The number of rotatable bonds is 1. The lowest BCUT2D eigenvalue weighted by atomic mass is 10.2. The zero-order chi connectivity index (χ0) is 13.6. The number of carbonyl (C=O) groups is 1. The molecule has 0 aliphatic heterocycles. The second kappa shape index (κ2) is 3.84. The number of carbonyl (C=O) groups excluding carboxylic acids is 1. The molecule has 2 heterocycles. The predicted octanol–water partition coefficient (Wildman–Crippen LogP) is 0.668. The summed E-state index contributed by atoms with van der Waals surface area (Å²) in [6.45, 7) is 0. The zero-order valence-corrected chi connectivity index (χ0v) is 9.88. The Morgan fingerprint density at radius 3 is 2.89 bits per heavy atom. The first-order valence-electron chi connectivity index (χ1n) is 5.44. The van der Waals surface area contributed by atoms with E-state index in [-0.39, 0.29) is 5.65 Å². The van der Waals surface area contributed by atoms with Crippen LogP contribution in [0.25, 0.3) is 16.6 Å². The van der Waals surface area contributed by atoms with E-state index in [1.165, 1.54) is 0 Å². The standard InChI is InChI=1S/C12H9N3O4/c1-19-12(18)8-9(16)11(17)15-10(13-8)6-4-2-3-5-7(6)14-15/h2-5,14,16H,1H3. The van der Waals surface area contributed by atoms with Crippen LogP contribution in [-0.2, 0) is 4.74 Å². The van der Waals surface area contributed by atoms with Gasteiger partial charge in [-0.05, 0) is 12.1 Å². The summed E-state index contributed by atoms with van der Waals surface area (Å²) in [5.74, 6) is -1.60. The van der Waals surface area contributed by atoms with Gasteiger partial charge < -0.3 is 9.84 Å². The number of esters is 1. The third kappa shape index (κ3) is 1.48. The van der Waals surface area contributed by atoms with Gasteiger partial charge in [0.2, 0.25) is 5.75 Å². The molecule has 3 aromatic rings. The highest BCUT2D eigenvalue weighted by molar-refractivity contribution is 5.95. The number of H-pyrrole nitrogens is 1. The van der Waals surface area contributed by atoms with Gasteiger partial charge in [-0.1, -0.05) is 12.1 Å². The monoisotopic (exact) mass is 259 g/mol. The van der Waals surface area contributed by atoms with E-state index in [1.807, 2.05) is 0 Å². The smallest absolute Gasteiger partial charge is 0.360 e. The number of para-hydroxylation sites is 1. The lowest BCUT2D eigenvalue weighted by molar-refractivity contribution is 0.0590. The summed E-state index contributed by atoms with van der Waals surface area (Å²) < 4.78 is 5.58. The van der Waals surface area contributed by atoms with Gasteiger partial charge in [-0.15, -0.1) is 0 Å². The summed E-state index contributed by atoms with van der Waals surface area (Å²) in [6, 6.07) is 7.10. The van der Waals surface area contributed by atoms with Crippen molar-refractivity contribution in [2.75, 3.05) is 7.11 Å². The van der Waals surface area contributed by atoms with Crippen molar-refractivity contribution >= 4 is 22.5 Å². The van der Waals surface area contributed by atoms with E-state index in [1.54, 1.807) is 24.3 Å². The van der Waals surface area contributed by atoms with Crippen LogP contribution in [-0.4, -0.2) is 32.8 Å². The summed E-state index contributed by atoms with van der Waals surface area (Å²) in [6.07, 6.45) is 0. The third-order valence-electron chi connectivity index (χ3n) is 2.84. The molecule has 0 bridgehead atoms. The Morgan fingerprint density at radius 1 is 1.42 bits per heavy atom. The summed E-state index contributed by atoms with van der Waals surface area (Å²) in [4.78, 5) is 27.5. The maximum absolute atomic E-state index is 12.0. The Balaban J connectivity index is 2.50. The van der Waals surface area contributed by atoms with E-state index in [2.05, 4.69) is 14.8 Å². The van der Waals surface area contributed by atoms with E-state index in [9.17, 15) is 14.7 Å². The van der Waals surface area contributed by atoms with Crippen molar-refractivity contribution in [3.63, 3.8) is 0 Å². The van der Waals surface area contributed by atoms with Crippen LogP contribution in [0.1, 0.15) is 10.5 Å². The number of fused-ring (bicyclic) bond motifs is 3. The summed E-state index contributed by atoms with van der Waals surface area (Å²) in [7, 11) is 1.15. The molecular weight excluding hydrogens is 250 g/mol. The average Bonchev–Trinajstić information content (AvgIpc) is 2.81. The molecule has 96 valence electrons. The molecule has 1 aromatic carbocycles. The van der Waals surface area contributed by atoms with Crippen molar-refractivity contribution in [2.24, 2.45) is 0 Å². The van der Waals surface area contributed by atoms with Crippen LogP contribution >= 0.6 is 0 Å². The number of hydrogen-bond acceptors (Lipinski definition) is 5. The van der Waals surface area contributed by atoms with Gasteiger partial charge in [-0.3, -0.25) is 9.89 Å². The van der Waals surface area contributed by atoms with Gasteiger partial charge in [0.25, 0.3) is 0 Å². The molecule has 2 N–H and O–H groups in total. The number of aromatic hydroxyl groups is 1. The number of aromatic nitrogens is 3. The molecule has 0 aliphatic carbocycles. The molecule has 0 saturated heterocycles. The van der Waals surface area contributed by atoms with Crippen molar-refractivity contribution in [1.82, 2.24) is 14.6 Å². The fourth-order valence-corrected chi connectivity index (χ4v) is 1.93. The van der Waals surface area contributed by atoms with Gasteiger partial charge in [-0.25, -0.2) is 9.78 Å². The van der Waals surface area contributed by atoms with Crippen LogP contribution in [0.15, 0.2) is 29.1 Å². The van der Waals surface area contributed by atoms with E-state index < -0.39 is 23.0 Å². The van der Waals surface area contributed by atoms with Crippen molar-refractivity contribution in [3.05, 3.63) is 40.3 Å². The van der Waals surface area contributed by atoms with E-state index in [4.69, 9.17) is 0 Å². The fourth-order valence-electron chi connectivity index (χ4n) is 1.93. The lowest BCUT2D eigenvalue weighted by Gasteiger charge is -2.01. The minimum Gasteiger partial charge on any atom is -0.501 e. The minimum absolute atomic E-state index is 0.263. The molecule has 0 saturated carbocycles. The normalized spacial score (nSPS) is 11.0. The molecule has 19 heavy (non-hydrogen) atoms. The summed E-state index contributed by atoms with van der Waals surface area (Å²) in [5, 5.41) is 13.2. The van der Waals surface area contributed by atoms with Crippen molar-refractivity contribution in [2.45, 2.75) is 0 Å². The zero-order valence-electron chi connectivity index (χ0n) is 9.88. The number of benzene rings is 1. The Labute approximate surface area is 106 Å². The first-order chi connectivity index (χ1) is 9.13. The molecule has 0 aliphatic rings. The molecule has 0 radical (unpaired) electrons. The van der Waals surface area contributed by atoms with Gasteiger partial charge >= 0.3 is 11.5 Å². The fraction of sp³-hybridized carbons (Fsp3) is 0.0833. The van der Waals surface area contributed by atoms with E-state index in [0.29, 0.717) is 10.9 Å². The van der Waals surface area contributed by atoms with Gasteiger partial charge in [0.05, 0.1) is 12.6 Å². The molecule has 2 aromatic heterocycles. The Kier molecular flexibility index (Phi) is 2.28. The number of nitrogens with one attached hydrogen (secondary N) is 1. The van der Waals surface area contributed by atoms with Crippen LogP contribution in [0.5, 0.6) is 5.75 Å². The molecule has 7 nitrogen and oxygen atoms in total. The highest BCUT2D eigenvalue weighted by atomic mass is 16.5. The number of nitrogens with zero attached hydrogens (tertiary/aromatic N) is 2. The van der Waals surface area contributed by atoms with E-state index >= 15 is 0 Å². The van der Waals surface area contributed by atoms with Crippen LogP contribution in [0.4, 0.5) is 0 Å². The molecule has 7 heteroatoms. The third-order valence-corrected chi connectivity index (χ3v) is 2.84. The maximum Gasteiger partial charge on any atom is 0.360 e. The Bertz CT molecular complexity index is 862. The van der Waals surface area contributed by atoms with Crippen molar-refractivity contribution in [3.8, 4) is 5.75 Å². The van der Waals surface area contributed by atoms with E-state index in [0.717, 1.165) is 11.6 Å². The SMILES string of the molecule is COC(=O)c1nc2c3ccccc3[nH]n2c(=O)c1O. The van der Waals surface area contributed by atoms with Crippen LogP contribution in [0, 0.1) is 0 Å². The molecule has 0 fully saturated rings. The first kappa shape index (κ1) is 11.3. The maximum atomic E-state index is 12.0. The molecule has 0 unspecified atom stereocenters. The first-order valence-corrected chi connectivity index (χ1v) is 5.44. The highest BCUT2D eigenvalue weighted by Gasteiger charge is 2.20. The Morgan fingerprint density at radius 2 is 2.16 bits per heavy atom. The molecule has 0 atom stereocenters. The van der Waals surface area contributed by atoms with Crippen LogP contribution in [0.2, 0.25) is 0 Å². The minimum atomic E-state index is -0.859. The Hall–Kier alpha value is -2.83. The molecule has 0 amide bonds. The second-order valence-corrected chi connectivity index (χ2v) is 3.92. The second-order valence-electron chi connectivity index (χ2n) is 3.92. The lowest BCUT2D eigenvalue weighted by Crippen LogP contribution is -2.19. The summed E-state index contributed by atoms with van der Waals surface area (Å²) >= 11 is 0. The number of ether oxygens (including phenoxy) is 1. The van der Waals surface area contributed by atoms with Crippen molar-refractivity contribution in [1.29, 1.82) is 0 Å². The largest absolute Gasteiger partial charge is 0.501 e. The molecule has 0 spiro atoms. The molecule has 3 rings (SSSR count). The summed E-state index contributed by atoms with van der Waals surface area (Å²) in [5.41, 5.74) is -0.203. The predicted molar refractivity (Wildman–Crippen MR) is 66.3 cm³/mol.